The summed E-state index contributed by atoms with van der Waals surface area (Å²) >= 11 is 10.8. The van der Waals surface area contributed by atoms with Crippen molar-refractivity contribution in [3.8, 4) is 11.5 Å². The van der Waals surface area contributed by atoms with E-state index in [1.54, 1.807) is 20.2 Å². The van der Waals surface area contributed by atoms with Crippen LogP contribution in [0, 0.1) is 5.92 Å². The molecule has 1 heterocycles. The number of likely N-dealkylation sites (N-methyl/N-ethyl adjacent to an activating group) is 1. The van der Waals surface area contributed by atoms with Gasteiger partial charge in [0.1, 0.15) is 0 Å². The number of amidine groups is 1. The van der Waals surface area contributed by atoms with Gasteiger partial charge in [-0.05, 0) is 75.6 Å². The van der Waals surface area contributed by atoms with Crippen LogP contribution in [0.1, 0.15) is 19.4 Å². The van der Waals surface area contributed by atoms with Gasteiger partial charge < -0.3 is 9.47 Å². The fraction of sp³-hybridized carbons (Fsp3) is 0.273. The van der Waals surface area contributed by atoms with Crippen LogP contribution in [0.4, 0.5) is 5.69 Å². The van der Waals surface area contributed by atoms with Crippen molar-refractivity contribution in [3.05, 3.63) is 56.4 Å². The number of carbonyl (C=O) groups excluding carboxylic acids is 1. The Morgan fingerprint density at radius 2 is 2.00 bits per heavy atom. The number of carbonyl (C=O) groups is 1. The van der Waals surface area contributed by atoms with Gasteiger partial charge in [-0.2, -0.15) is 0 Å². The molecular weight excluding hydrogens is 488 g/mol. The predicted octanol–water partition coefficient (Wildman–Crippen LogP) is 6.38. The van der Waals surface area contributed by atoms with Gasteiger partial charge in [0, 0.05) is 11.5 Å². The van der Waals surface area contributed by atoms with Crippen LogP contribution in [0.3, 0.4) is 0 Å². The van der Waals surface area contributed by atoms with Gasteiger partial charge in [0.05, 0.1) is 29.3 Å². The highest BCUT2D eigenvalue weighted by molar-refractivity contribution is 9.10. The lowest BCUT2D eigenvalue weighted by molar-refractivity contribution is -0.121. The van der Waals surface area contributed by atoms with Gasteiger partial charge in [-0.15, -0.1) is 0 Å². The number of hydrogen-bond donors (Lipinski definition) is 0. The van der Waals surface area contributed by atoms with Crippen LogP contribution in [0.2, 0.25) is 5.02 Å². The molecule has 1 fully saturated rings. The zero-order valence-electron chi connectivity index (χ0n) is 17.1. The summed E-state index contributed by atoms with van der Waals surface area (Å²) in [6, 6.07) is 11.0. The van der Waals surface area contributed by atoms with E-state index >= 15 is 0 Å². The average Bonchev–Trinajstić information content (AvgIpc) is 2.97. The average molecular weight is 510 g/mol. The van der Waals surface area contributed by atoms with E-state index in [0.717, 1.165) is 10.0 Å². The maximum atomic E-state index is 12.7. The summed E-state index contributed by atoms with van der Waals surface area (Å²) in [5.74, 6) is 1.62. The number of hydrogen-bond acceptors (Lipinski definition) is 5. The minimum absolute atomic E-state index is 0.110. The van der Waals surface area contributed by atoms with E-state index < -0.39 is 0 Å². The Labute approximate surface area is 194 Å². The molecule has 0 saturated carbocycles. The fourth-order valence-electron chi connectivity index (χ4n) is 2.62. The molecule has 8 heteroatoms. The third-order valence-electron chi connectivity index (χ3n) is 4.19. The largest absolute Gasteiger partial charge is 0.493 e. The molecule has 1 aliphatic rings. The Hall–Kier alpha value is -1.96. The first kappa shape index (κ1) is 22.7. The topological polar surface area (TPSA) is 51.1 Å². The lowest BCUT2D eigenvalue weighted by atomic mass is 10.1. The van der Waals surface area contributed by atoms with Crippen LogP contribution in [0.25, 0.3) is 6.08 Å². The number of rotatable bonds is 6. The highest BCUT2D eigenvalue weighted by Gasteiger charge is 2.30. The molecular formula is C22H22BrClN2O3S. The number of methoxy groups -OCH3 is 1. The first-order chi connectivity index (χ1) is 14.3. The summed E-state index contributed by atoms with van der Waals surface area (Å²) in [7, 11) is 3.31. The second-order valence-corrected chi connectivity index (χ2v) is 9.35. The number of nitrogens with zero attached hydrogens (tertiary/aromatic N) is 2. The lowest BCUT2D eigenvalue weighted by Crippen LogP contribution is -2.23. The first-order valence-electron chi connectivity index (χ1n) is 9.30. The molecule has 2 aromatic rings. The van der Waals surface area contributed by atoms with Gasteiger partial charge in [-0.1, -0.05) is 31.5 Å². The van der Waals surface area contributed by atoms with Crippen molar-refractivity contribution in [3.63, 3.8) is 0 Å². The summed E-state index contributed by atoms with van der Waals surface area (Å²) in [6.45, 7) is 4.79. The smallest absolute Gasteiger partial charge is 0.266 e. The summed E-state index contributed by atoms with van der Waals surface area (Å²) in [6.07, 6.45) is 1.83. The third-order valence-corrected chi connectivity index (χ3v) is 6.48. The molecule has 0 N–H and O–H groups in total. The van der Waals surface area contributed by atoms with Gasteiger partial charge in [-0.25, -0.2) is 4.99 Å². The maximum absolute atomic E-state index is 12.7. The standard InChI is InChI=1S/C22H22BrClN2O3S/c1-13(2)12-29-18-8-5-14(9-19(18)28-4)10-20-21(27)26(3)22(30-20)25-15-6-7-16(23)17(24)11-15/h5-11,13H,12H2,1-4H3/b20-10-,25-22?. The van der Waals surface area contributed by atoms with Crippen molar-refractivity contribution >= 4 is 62.1 Å². The number of halogens is 2. The second-order valence-electron chi connectivity index (χ2n) is 7.08. The van der Waals surface area contributed by atoms with Gasteiger partial charge in [-0.3, -0.25) is 9.69 Å². The van der Waals surface area contributed by atoms with E-state index in [9.17, 15) is 4.79 Å². The quantitative estimate of drug-likeness (QED) is 0.424. The lowest BCUT2D eigenvalue weighted by Gasteiger charge is -2.13. The second kappa shape index (κ2) is 9.90. The van der Waals surface area contributed by atoms with Crippen molar-refractivity contribution in [1.82, 2.24) is 4.90 Å². The molecule has 158 valence electrons. The molecule has 3 rings (SSSR count). The summed E-state index contributed by atoms with van der Waals surface area (Å²) in [5, 5.41) is 1.16. The molecule has 5 nitrogen and oxygen atoms in total. The van der Waals surface area contributed by atoms with E-state index in [2.05, 4.69) is 34.8 Å². The summed E-state index contributed by atoms with van der Waals surface area (Å²) in [4.78, 5) is 19.4. The maximum Gasteiger partial charge on any atom is 0.266 e. The predicted molar refractivity (Wildman–Crippen MR) is 128 cm³/mol. The van der Waals surface area contributed by atoms with Crippen LogP contribution >= 0.6 is 39.3 Å². The summed E-state index contributed by atoms with van der Waals surface area (Å²) in [5.41, 5.74) is 1.53. The van der Waals surface area contributed by atoms with Gasteiger partial charge in [0.25, 0.3) is 5.91 Å². The van der Waals surface area contributed by atoms with Gasteiger partial charge in [0.15, 0.2) is 16.7 Å². The molecule has 0 unspecified atom stereocenters. The van der Waals surface area contributed by atoms with Crippen LogP contribution in [-0.4, -0.2) is 36.7 Å². The number of benzene rings is 2. The SMILES string of the molecule is COc1cc(/C=C2\SC(=Nc3ccc(Br)c(Cl)c3)N(C)C2=O)ccc1OCC(C)C. The number of amides is 1. The Morgan fingerprint density at radius 3 is 2.67 bits per heavy atom. The van der Waals surface area contributed by atoms with Crippen LogP contribution < -0.4 is 9.47 Å². The zero-order valence-corrected chi connectivity index (χ0v) is 20.3. The minimum atomic E-state index is -0.110. The van der Waals surface area contributed by atoms with Crippen LogP contribution in [0.15, 0.2) is 50.8 Å². The normalized spacial score (nSPS) is 16.8. The molecule has 1 saturated heterocycles. The van der Waals surface area contributed by atoms with Crippen molar-refractivity contribution in [2.45, 2.75) is 13.8 Å². The van der Waals surface area contributed by atoms with Crippen LogP contribution in [0.5, 0.6) is 11.5 Å². The number of aliphatic imine (C=N–C) groups is 1. The monoisotopic (exact) mass is 508 g/mol. The highest BCUT2D eigenvalue weighted by atomic mass is 79.9. The number of thioether (sulfide) groups is 1. The molecule has 0 bridgehead atoms. The molecule has 0 radical (unpaired) electrons. The minimum Gasteiger partial charge on any atom is -0.493 e. The van der Waals surface area contributed by atoms with E-state index in [1.807, 2.05) is 36.4 Å². The Kier molecular flexibility index (Phi) is 7.50. The van der Waals surface area contributed by atoms with E-state index in [0.29, 0.717) is 44.8 Å². The molecule has 0 aromatic heterocycles. The van der Waals surface area contributed by atoms with Crippen LogP contribution in [-0.2, 0) is 4.79 Å². The highest BCUT2D eigenvalue weighted by Crippen LogP contribution is 2.36. The van der Waals surface area contributed by atoms with E-state index in [4.69, 9.17) is 21.1 Å². The summed E-state index contributed by atoms with van der Waals surface area (Å²) < 4.78 is 12.0. The van der Waals surface area contributed by atoms with Crippen molar-refractivity contribution in [2.75, 3.05) is 20.8 Å². The third kappa shape index (κ3) is 5.39. The molecule has 1 amide bonds. The molecule has 1 aliphatic heterocycles. The fourth-order valence-corrected chi connectivity index (χ4v) is 4.03. The Morgan fingerprint density at radius 1 is 1.23 bits per heavy atom. The molecule has 2 aromatic carbocycles. The van der Waals surface area contributed by atoms with Crippen molar-refractivity contribution in [1.29, 1.82) is 0 Å². The first-order valence-corrected chi connectivity index (χ1v) is 11.3. The molecule has 0 aliphatic carbocycles. The van der Waals surface area contributed by atoms with E-state index in [-0.39, 0.29) is 5.91 Å². The van der Waals surface area contributed by atoms with Crippen molar-refractivity contribution in [2.24, 2.45) is 10.9 Å². The molecule has 30 heavy (non-hydrogen) atoms. The molecule has 0 atom stereocenters. The van der Waals surface area contributed by atoms with Gasteiger partial charge >= 0.3 is 0 Å². The van der Waals surface area contributed by atoms with Gasteiger partial charge in [0.2, 0.25) is 0 Å². The Balaban J connectivity index is 1.84. The zero-order chi connectivity index (χ0) is 21.8. The molecule has 0 spiro atoms. The Bertz CT molecular complexity index is 1020. The number of ether oxygens (including phenoxy) is 2. The van der Waals surface area contributed by atoms with Crippen molar-refractivity contribution < 1.29 is 14.3 Å². The van der Waals surface area contributed by atoms with E-state index in [1.165, 1.54) is 16.7 Å².